The van der Waals surface area contributed by atoms with E-state index in [1.807, 2.05) is 60.7 Å². The Morgan fingerprint density at radius 2 is 1.46 bits per heavy atom. The van der Waals surface area contributed by atoms with Crippen molar-refractivity contribution in [3.05, 3.63) is 97.1 Å². The summed E-state index contributed by atoms with van der Waals surface area (Å²) in [6.45, 7) is 8.36. The summed E-state index contributed by atoms with van der Waals surface area (Å²) >= 11 is 0. The lowest BCUT2D eigenvalue weighted by Gasteiger charge is -2.44. The Morgan fingerprint density at radius 3 is 1.92 bits per heavy atom. The Hall–Kier alpha value is -2.77. The van der Waals surface area contributed by atoms with Crippen molar-refractivity contribution in [1.82, 2.24) is 0 Å². The number of aliphatic hydroxyl groups excluding tert-OH is 1. The van der Waals surface area contributed by atoms with Gasteiger partial charge in [-0.3, -0.25) is 0 Å². The first-order chi connectivity index (χ1) is 17.6. The monoisotopic (exact) mass is 522 g/mol. The molecule has 2 aromatic carbocycles. The fourth-order valence-corrected chi connectivity index (χ4v) is 9.00. The van der Waals surface area contributed by atoms with Gasteiger partial charge >= 0.3 is 5.97 Å². The van der Waals surface area contributed by atoms with Crippen molar-refractivity contribution in [2.24, 2.45) is 0 Å². The van der Waals surface area contributed by atoms with Gasteiger partial charge in [-0.25, -0.2) is 4.79 Å². The molecule has 3 atom stereocenters. The zero-order valence-electron chi connectivity index (χ0n) is 22.7. The van der Waals surface area contributed by atoms with Crippen LogP contribution in [0, 0.1) is 0 Å². The highest BCUT2D eigenvalue weighted by Crippen LogP contribution is 2.37. The molecule has 0 amide bonds. The lowest BCUT2D eigenvalue weighted by atomic mass is 10.1. The molecule has 0 bridgehead atoms. The number of carboxylic acids is 1. The largest absolute Gasteiger partial charge is 0.478 e. The minimum Gasteiger partial charge on any atom is -0.478 e. The number of methoxy groups -OCH3 is 1. The lowest BCUT2D eigenvalue weighted by molar-refractivity contribution is -0.131. The maximum Gasteiger partial charge on any atom is 0.328 e. The van der Waals surface area contributed by atoms with Crippen molar-refractivity contribution in [2.75, 3.05) is 7.11 Å². The third kappa shape index (κ3) is 9.24. The van der Waals surface area contributed by atoms with Crippen molar-refractivity contribution < 1.29 is 24.2 Å². The fraction of sp³-hybridized carbons (Fsp3) is 0.387. The van der Waals surface area contributed by atoms with Crippen LogP contribution in [0.2, 0.25) is 5.04 Å². The highest BCUT2D eigenvalue weighted by atomic mass is 28.4. The van der Waals surface area contributed by atoms with Gasteiger partial charge in [0.25, 0.3) is 8.32 Å². The fourth-order valence-electron chi connectivity index (χ4n) is 4.42. The molecule has 2 aromatic rings. The van der Waals surface area contributed by atoms with Gasteiger partial charge in [0.1, 0.15) is 0 Å². The van der Waals surface area contributed by atoms with E-state index in [4.69, 9.17) is 9.16 Å². The van der Waals surface area contributed by atoms with Gasteiger partial charge in [0.05, 0.1) is 18.3 Å². The number of hydrogen-bond acceptors (Lipinski definition) is 4. The van der Waals surface area contributed by atoms with Gasteiger partial charge in [0.15, 0.2) is 0 Å². The van der Waals surface area contributed by atoms with Gasteiger partial charge in [-0.1, -0.05) is 106 Å². The second kappa shape index (κ2) is 14.8. The van der Waals surface area contributed by atoms with Crippen LogP contribution >= 0.6 is 0 Å². The Kier molecular flexibility index (Phi) is 12.2. The van der Waals surface area contributed by atoms with Gasteiger partial charge in [-0.05, 0) is 47.7 Å². The second-order valence-corrected chi connectivity index (χ2v) is 14.5. The van der Waals surface area contributed by atoms with Crippen LogP contribution in [0.15, 0.2) is 97.1 Å². The smallest absolute Gasteiger partial charge is 0.328 e. The van der Waals surface area contributed by atoms with Crippen molar-refractivity contribution in [2.45, 2.75) is 70.3 Å². The number of unbranched alkanes of at least 4 members (excludes halogenated alkanes) is 1. The third-order valence-electron chi connectivity index (χ3n) is 6.24. The highest BCUT2D eigenvalue weighted by molar-refractivity contribution is 6.99. The molecule has 0 saturated carbocycles. The standard InChI is InChI=1S/C31H42O5Si/c1-25(32)15-9-6-10-16-26(35-5)21-22-27(23-24-30(33)34)36-37(31(2,3)4,28-17-11-7-12-18-28)29-19-13-8-14-20-29/h7-8,10-14,16-27,32H,6,9,15H2,1-5H3,(H,33,34)/b16-10-,22-21-,24-23+/t25-,26-,27-/m0/s1. The maximum atomic E-state index is 11.4. The Labute approximate surface area is 223 Å². The first kappa shape index (κ1) is 30.5. The van der Waals surface area contributed by atoms with E-state index in [1.54, 1.807) is 20.1 Å². The van der Waals surface area contributed by atoms with Crippen LogP contribution < -0.4 is 10.4 Å². The predicted molar refractivity (Wildman–Crippen MR) is 154 cm³/mol. The van der Waals surface area contributed by atoms with E-state index in [9.17, 15) is 15.0 Å². The summed E-state index contributed by atoms with van der Waals surface area (Å²) in [6.07, 6.45) is 11.9. The van der Waals surface area contributed by atoms with Crippen LogP contribution in [-0.4, -0.2) is 49.9 Å². The molecule has 0 fully saturated rings. The van der Waals surface area contributed by atoms with E-state index in [-0.39, 0.29) is 17.2 Å². The SMILES string of the molecule is CO[C@@H](/C=C\CCC[C@H](C)O)/C=C\[C@@H](/C=C/C(=O)O)O[Si](c1ccccc1)(c1ccccc1)C(C)(C)C. The number of benzene rings is 2. The van der Waals surface area contributed by atoms with Crippen LogP contribution in [0.3, 0.4) is 0 Å². The molecule has 2 N–H and O–H groups in total. The van der Waals surface area contributed by atoms with E-state index in [0.717, 1.165) is 35.7 Å². The number of hydrogen-bond donors (Lipinski definition) is 2. The van der Waals surface area contributed by atoms with E-state index >= 15 is 0 Å². The molecule has 0 radical (unpaired) electrons. The molecular weight excluding hydrogens is 480 g/mol. The Bertz CT molecular complexity index is 983. The minimum absolute atomic E-state index is 0.247. The summed E-state index contributed by atoms with van der Waals surface area (Å²) in [6, 6.07) is 20.5. The zero-order chi connectivity index (χ0) is 27.3. The van der Waals surface area contributed by atoms with Crippen LogP contribution in [0.25, 0.3) is 0 Å². The summed E-state index contributed by atoms with van der Waals surface area (Å²) in [7, 11) is -1.25. The molecule has 0 heterocycles. The maximum absolute atomic E-state index is 11.4. The molecule has 200 valence electrons. The number of allylic oxidation sites excluding steroid dienone is 1. The van der Waals surface area contributed by atoms with E-state index in [2.05, 4.69) is 45.0 Å². The molecule has 2 rings (SSSR count). The van der Waals surface area contributed by atoms with E-state index < -0.39 is 20.4 Å². The molecule has 0 aliphatic heterocycles. The Morgan fingerprint density at radius 1 is 0.919 bits per heavy atom. The van der Waals surface area contributed by atoms with E-state index in [1.165, 1.54) is 0 Å². The highest BCUT2D eigenvalue weighted by Gasteiger charge is 2.51. The summed E-state index contributed by atoms with van der Waals surface area (Å²) in [5, 5.41) is 20.8. The zero-order valence-corrected chi connectivity index (χ0v) is 23.7. The lowest BCUT2D eigenvalue weighted by Crippen LogP contribution is -2.67. The number of carbonyl (C=O) groups is 1. The number of ether oxygens (including phenoxy) is 1. The summed E-state index contributed by atoms with van der Waals surface area (Å²) in [4.78, 5) is 11.4. The van der Waals surface area contributed by atoms with E-state index in [0.29, 0.717) is 0 Å². The quantitative estimate of drug-likeness (QED) is 0.153. The molecule has 0 spiro atoms. The van der Waals surface area contributed by atoms with Gasteiger partial charge in [0.2, 0.25) is 0 Å². The molecule has 6 heteroatoms. The topological polar surface area (TPSA) is 76.0 Å². The normalized spacial score (nSPS) is 15.4. The molecule has 0 unspecified atom stereocenters. The van der Waals surface area contributed by atoms with Crippen LogP contribution in [-0.2, 0) is 14.0 Å². The van der Waals surface area contributed by atoms with Gasteiger partial charge in [0, 0.05) is 13.2 Å². The van der Waals surface area contributed by atoms with Crippen molar-refractivity contribution in [3.63, 3.8) is 0 Å². The summed E-state index contributed by atoms with van der Waals surface area (Å²) in [5.74, 6) is -1.02. The molecule has 37 heavy (non-hydrogen) atoms. The number of aliphatic hydroxyl groups is 1. The first-order valence-electron chi connectivity index (χ1n) is 12.9. The van der Waals surface area contributed by atoms with Crippen LogP contribution in [0.5, 0.6) is 0 Å². The summed E-state index contributed by atoms with van der Waals surface area (Å²) < 4.78 is 12.7. The minimum atomic E-state index is -2.89. The van der Waals surface area contributed by atoms with Crippen molar-refractivity contribution in [1.29, 1.82) is 0 Å². The average molecular weight is 523 g/mol. The molecular formula is C31H42O5Si. The second-order valence-electron chi connectivity index (χ2n) is 10.2. The summed E-state index contributed by atoms with van der Waals surface area (Å²) in [5.41, 5.74) is 0. The van der Waals surface area contributed by atoms with Crippen molar-refractivity contribution >= 4 is 24.7 Å². The molecule has 0 aliphatic rings. The van der Waals surface area contributed by atoms with Crippen LogP contribution in [0.4, 0.5) is 0 Å². The Balaban J connectivity index is 2.47. The molecule has 0 aliphatic carbocycles. The average Bonchev–Trinajstić information content (AvgIpc) is 2.86. The molecule has 5 nitrogen and oxygen atoms in total. The predicted octanol–water partition coefficient (Wildman–Crippen LogP) is 5.25. The molecule has 0 aromatic heterocycles. The number of rotatable bonds is 14. The van der Waals surface area contributed by atoms with Gasteiger partial charge in [-0.2, -0.15) is 0 Å². The third-order valence-corrected chi connectivity index (χ3v) is 11.3. The van der Waals surface area contributed by atoms with Gasteiger partial charge in [-0.15, -0.1) is 0 Å². The van der Waals surface area contributed by atoms with Gasteiger partial charge < -0.3 is 19.4 Å². The number of carboxylic acid groups (broad SMARTS) is 1. The molecule has 0 saturated heterocycles. The number of aliphatic carboxylic acids is 1. The van der Waals surface area contributed by atoms with Crippen LogP contribution in [0.1, 0.15) is 47.0 Å². The first-order valence-corrected chi connectivity index (χ1v) is 14.8. The van der Waals surface area contributed by atoms with Crippen molar-refractivity contribution in [3.8, 4) is 0 Å².